The summed E-state index contributed by atoms with van der Waals surface area (Å²) in [5, 5.41) is 12.5. The van der Waals surface area contributed by atoms with Crippen LogP contribution in [-0.2, 0) is 0 Å². The van der Waals surface area contributed by atoms with Gasteiger partial charge in [-0.05, 0) is 22.4 Å². The highest BCUT2D eigenvalue weighted by molar-refractivity contribution is 5.88. The van der Waals surface area contributed by atoms with Crippen molar-refractivity contribution in [3.63, 3.8) is 0 Å². The van der Waals surface area contributed by atoms with Gasteiger partial charge in [0.25, 0.3) is 0 Å². The second-order valence-electron chi connectivity index (χ2n) is 5.28. The quantitative estimate of drug-likeness (QED) is 0.681. The fraction of sp³-hybridized carbons (Fsp3) is 0.100. The Morgan fingerprint density at radius 1 is 0.857 bits per heavy atom. The number of fused-ring (bicyclic) bond motifs is 1. The van der Waals surface area contributed by atoms with Gasteiger partial charge in [0.05, 0.1) is 0 Å². The average Bonchev–Trinajstić information content (AvgIpc) is 2.53. The van der Waals surface area contributed by atoms with Crippen LogP contribution in [0.2, 0.25) is 0 Å². The van der Waals surface area contributed by atoms with Crippen LogP contribution in [0.5, 0.6) is 5.75 Å². The summed E-state index contributed by atoms with van der Waals surface area (Å²) < 4.78 is 0. The van der Waals surface area contributed by atoms with Gasteiger partial charge in [-0.1, -0.05) is 79.7 Å². The first kappa shape index (κ1) is 13.4. The Kier molecular flexibility index (Phi) is 3.74. The minimum atomic E-state index is 0.149. The molecular weight excluding hydrogens is 256 g/mol. The zero-order valence-corrected chi connectivity index (χ0v) is 12.0. The molecule has 1 heteroatoms. The number of benzene rings is 3. The van der Waals surface area contributed by atoms with Gasteiger partial charge >= 0.3 is 0 Å². The molecule has 21 heavy (non-hydrogen) atoms. The summed E-state index contributed by atoms with van der Waals surface area (Å²) in [5.74, 6) is 0.509. The lowest BCUT2D eigenvalue weighted by Crippen LogP contribution is -1.92. The third-order valence-electron chi connectivity index (χ3n) is 3.78. The lowest BCUT2D eigenvalue weighted by molar-refractivity contribution is 0.468. The van der Waals surface area contributed by atoms with E-state index >= 15 is 0 Å². The molecule has 1 N–H and O–H groups in total. The zero-order valence-electron chi connectivity index (χ0n) is 12.0. The molecule has 104 valence electrons. The molecule has 0 spiro atoms. The summed E-state index contributed by atoms with van der Waals surface area (Å²) in [6, 6.07) is 22.1. The average molecular weight is 274 g/mol. The van der Waals surface area contributed by atoms with E-state index in [0.29, 0.717) is 5.75 Å². The molecule has 0 radical (unpaired) electrons. The summed E-state index contributed by atoms with van der Waals surface area (Å²) in [6.07, 6.45) is 4.24. The molecule has 0 aliphatic rings. The van der Waals surface area contributed by atoms with Gasteiger partial charge in [0.1, 0.15) is 5.75 Å². The molecule has 0 saturated heterocycles. The Balaban J connectivity index is 2.00. The second kappa shape index (κ2) is 5.84. The molecule has 1 atom stereocenters. The normalized spacial score (nSPS) is 12.8. The fourth-order valence-corrected chi connectivity index (χ4v) is 2.68. The minimum absolute atomic E-state index is 0.149. The van der Waals surface area contributed by atoms with Crippen molar-refractivity contribution in [2.24, 2.45) is 0 Å². The van der Waals surface area contributed by atoms with Crippen molar-refractivity contribution in [1.29, 1.82) is 0 Å². The fourth-order valence-electron chi connectivity index (χ4n) is 2.68. The lowest BCUT2D eigenvalue weighted by atomic mass is 9.93. The van der Waals surface area contributed by atoms with E-state index in [0.717, 1.165) is 16.3 Å². The predicted molar refractivity (Wildman–Crippen MR) is 89.5 cm³/mol. The van der Waals surface area contributed by atoms with Crippen LogP contribution in [-0.4, -0.2) is 5.11 Å². The highest BCUT2D eigenvalue weighted by Gasteiger charge is 2.11. The molecule has 0 aliphatic carbocycles. The third kappa shape index (κ3) is 2.82. The van der Waals surface area contributed by atoms with Crippen LogP contribution in [0.1, 0.15) is 24.0 Å². The highest BCUT2D eigenvalue weighted by Crippen LogP contribution is 2.34. The molecule has 1 nitrogen and oxygen atoms in total. The van der Waals surface area contributed by atoms with Crippen molar-refractivity contribution in [3.8, 4) is 5.75 Å². The van der Waals surface area contributed by atoms with Gasteiger partial charge in [-0.25, -0.2) is 0 Å². The van der Waals surface area contributed by atoms with Crippen LogP contribution in [0.15, 0.2) is 72.8 Å². The van der Waals surface area contributed by atoms with Gasteiger partial charge in [0.2, 0.25) is 0 Å². The van der Waals surface area contributed by atoms with Crippen LogP contribution < -0.4 is 0 Å². The van der Waals surface area contributed by atoms with E-state index in [4.69, 9.17) is 0 Å². The van der Waals surface area contributed by atoms with Crippen molar-refractivity contribution in [3.05, 3.63) is 83.9 Å². The maximum atomic E-state index is 10.2. The van der Waals surface area contributed by atoms with Crippen molar-refractivity contribution in [1.82, 2.24) is 0 Å². The summed E-state index contributed by atoms with van der Waals surface area (Å²) in [4.78, 5) is 0. The molecule has 0 saturated carbocycles. The van der Waals surface area contributed by atoms with E-state index in [-0.39, 0.29) is 5.92 Å². The van der Waals surface area contributed by atoms with E-state index in [1.165, 1.54) is 5.56 Å². The van der Waals surface area contributed by atoms with E-state index in [9.17, 15) is 5.11 Å². The first-order chi connectivity index (χ1) is 10.3. The monoisotopic (exact) mass is 274 g/mol. The number of hydrogen-bond acceptors (Lipinski definition) is 1. The van der Waals surface area contributed by atoms with Crippen LogP contribution in [0.25, 0.3) is 16.8 Å². The van der Waals surface area contributed by atoms with Gasteiger partial charge in [0, 0.05) is 11.5 Å². The Morgan fingerprint density at radius 2 is 1.57 bits per heavy atom. The van der Waals surface area contributed by atoms with Crippen LogP contribution in [0, 0.1) is 0 Å². The smallest absolute Gasteiger partial charge is 0.119 e. The molecule has 1 unspecified atom stereocenters. The van der Waals surface area contributed by atoms with Gasteiger partial charge < -0.3 is 5.11 Å². The van der Waals surface area contributed by atoms with Crippen molar-refractivity contribution in [2.75, 3.05) is 0 Å². The van der Waals surface area contributed by atoms with Crippen LogP contribution in [0.4, 0.5) is 0 Å². The molecule has 0 fully saturated rings. The number of allylic oxidation sites excluding steroid dienone is 1. The summed E-state index contributed by atoms with van der Waals surface area (Å²) in [6.45, 7) is 2.11. The number of rotatable bonds is 3. The standard InChI is InChI=1S/C20H18O/c1-15(11-12-16-7-3-2-4-8-16)20-18-10-6-5-9-17(18)13-14-19(20)21/h2-15,21H,1H3/b12-11+. The molecule has 0 aliphatic heterocycles. The Hall–Kier alpha value is -2.54. The summed E-state index contributed by atoms with van der Waals surface area (Å²) in [7, 11) is 0. The van der Waals surface area contributed by atoms with E-state index in [1.807, 2.05) is 36.4 Å². The molecule has 3 aromatic rings. The lowest BCUT2D eigenvalue weighted by Gasteiger charge is -2.13. The van der Waals surface area contributed by atoms with Gasteiger partial charge in [-0.3, -0.25) is 0 Å². The molecule has 3 aromatic carbocycles. The maximum absolute atomic E-state index is 10.2. The molecular formula is C20H18O. The maximum Gasteiger partial charge on any atom is 0.119 e. The largest absolute Gasteiger partial charge is 0.508 e. The Bertz CT molecular complexity index is 772. The Morgan fingerprint density at radius 3 is 2.38 bits per heavy atom. The first-order valence-corrected chi connectivity index (χ1v) is 7.19. The highest BCUT2D eigenvalue weighted by atomic mass is 16.3. The summed E-state index contributed by atoms with van der Waals surface area (Å²) >= 11 is 0. The van der Waals surface area contributed by atoms with Gasteiger partial charge in [-0.2, -0.15) is 0 Å². The second-order valence-corrected chi connectivity index (χ2v) is 5.28. The molecule has 0 heterocycles. The van der Waals surface area contributed by atoms with Crippen molar-refractivity contribution >= 4 is 16.8 Å². The number of hydrogen-bond donors (Lipinski definition) is 1. The number of phenolic OH excluding ortho intramolecular Hbond substituents is 1. The van der Waals surface area contributed by atoms with Crippen molar-refractivity contribution < 1.29 is 5.11 Å². The van der Waals surface area contributed by atoms with E-state index in [1.54, 1.807) is 6.07 Å². The molecule has 0 aromatic heterocycles. The van der Waals surface area contributed by atoms with Gasteiger partial charge in [-0.15, -0.1) is 0 Å². The van der Waals surface area contributed by atoms with E-state index in [2.05, 4.69) is 43.3 Å². The minimum Gasteiger partial charge on any atom is -0.508 e. The Labute approximate surface area is 125 Å². The van der Waals surface area contributed by atoms with E-state index < -0.39 is 0 Å². The van der Waals surface area contributed by atoms with Crippen molar-refractivity contribution in [2.45, 2.75) is 12.8 Å². The van der Waals surface area contributed by atoms with Crippen LogP contribution in [0.3, 0.4) is 0 Å². The molecule has 0 bridgehead atoms. The number of phenols is 1. The molecule has 3 rings (SSSR count). The topological polar surface area (TPSA) is 20.2 Å². The SMILES string of the molecule is CC(/C=C/c1ccccc1)c1c(O)ccc2ccccc12. The predicted octanol–water partition coefficient (Wildman–Crippen LogP) is 5.36. The molecule has 0 amide bonds. The van der Waals surface area contributed by atoms with Gasteiger partial charge in [0.15, 0.2) is 0 Å². The third-order valence-corrected chi connectivity index (χ3v) is 3.78. The zero-order chi connectivity index (χ0) is 14.7. The first-order valence-electron chi connectivity index (χ1n) is 7.19. The summed E-state index contributed by atoms with van der Waals surface area (Å²) in [5.41, 5.74) is 2.16. The number of aromatic hydroxyl groups is 1. The van der Waals surface area contributed by atoms with Crippen LogP contribution >= 0.6 is 0 Å².